The molecule has 1 aromatic carbocycles. The number of benzene rings is 1. The molecule has 1 N–H and O–H groups in total. The Hall–Kier alpha value is -4.47. The molecule has 0 saturated heterocycles. The number of amides is 1. The summed E-state index contributed by atoms with van der Waals surface area (Å²) in [6.07, 6.45) is 7.71. The molecule has 10 heteroatoms. The minimum Gasteiger partial charge on any atom is -0.339 e. The Morgan fingerprint density at radius 2 is 1.94 bits per heavy atom. The van der Waals surface area contributed by atoms with E-state index < -0.39 is 6.17 Å². The van der Waals surface area contributed by atoms with Crippen LogP contribution in [0.15, 0.2) is 66.0 Å². The van der Waals surface area contributed by atoms with Crippen LogP contribution in [0.25, 0.3) is 28.0 Å². The molecule has 9 nitrogen and oxygen atoms in total. The van der Waals surface area contributed by atoms with E-state index in [2.05, 4.69) is 30.5 Å². The number of hydrogen-bond donors (Lipinski definition) is 1. The topological polar surface area (TPSA) is 111 Å². The van der Waals surface area contributed by atoms with Crippen molar-refractivity contribution in [1.29, 1.82) is 0 Å². The first kappa shape index (κ1) is 20.2. The van der Waals surface area contributed by atoms with Crippen molar-refractivity contribution in [2.45, 2.75) is 25.4 Å². The third-order valence-electron chi connectivity index (χ3n) is 5.88. The van der Waals surface area contributed by atoms with Crippen LogP contribution in [0.2, 0.25) is 0 Å². The summed E-state index contributed by atoms with van der Waals surface area (Å²) < 4.78 is 20.2. The molecular weight excluding hydrogens is 437 g/mol. The van der Waals surface area contributed by atoms with E-state index >= 15 is 0 Å². The molecule has 0 radical (unpaired) electrons. The number of carbonyl (C=O) groups is 1. The van der Waals surface area contributed by atoms with E-state index in [1.165, 1.54) is 12.5 Å². The average Bonchev–Trinajstić information content (AvgIpc) is 3.25. The summed E-state index contributed by atoms with van der Waals surface area (Å²) in [6.45, 7) is 1.89. The number of nitrogens with one attached hydrogen (secondary N) is 1. The quantitative estimate of drug-likeness (QED) is 0.422. The molecule has 2 atom stereocenters. The number of alkyl halides is 1. The molecule has 4 heterocycles. The minimum atomic E-state index is -0.915. The number of nitrogens with zero attached hydrogens (tertiary/aromatic N) is 6. The molecule has 1 amide bonds. The van der Waals surface area contributed by atoms with Gasteiger partial charge in [0.2, 0.25) is 11.7 Å². The maximum Gasteiger partial charge on any atom is 0.259 e. The minimum absolute atomic E-state index is 0.302. The Labute approximate surface area is 192 Å². The van der Waals surface area contributed by atoms with Gasteiger partial charge in [-0.2, -0.15) is 10.1 Å². The number of aryl methyl sites for hydroxylation is 1. The van der Waals surface area contributed by atoms with Crippen LogP contribution >= 0.6 is 0 Å². The van der Waals surface area contributed by atoms with Gasteiger partial charge >= 0.3 is 0 Å². The zero-order valence-electron chi connectivity index (χ0n) is 18.0. The monoisotopic (exact) mass is 455 g/mol. The second-order valence-corrected chi connectivity index (χ2v) is 8.23. The van der Waals surface area contributed by atoms with Crippen molar-refractivity contribution in [3.8, 4) is 22.5 Å². The maximum atomic E-state index is 13.3. The molecule has 4 aromatic heterocycles. The van der Waals surface area contributed by atoms with Crippen LogP contribution in [0.4, 0.5) is 10.1 Å². The van der Waals surface area contributed by atoms with E-state index in [0.29, 0.717) is 40.5 Å². The van der Waals surface area contributed by atoms with E-state index in [0.717, 1.165) is 16.7 Å². The molecule has 0 spiro atoms. The highest BCUT2D eigenvalue weighted by Gasteiger charge is 2.43. The van der Waals surface area contributed by atoms with Gasteiger partial charge in [0.05, 0.1) is 23.2 Å². The Morgan fingerprint density at radius 3 is 2.74 bits per heavy atom. The molecule has 1 fully saturated rings. The van der Waals surface area contributed by atoms with Crippen molar-refractivity contribution < 1.29 is 13.7 Å². The Balaban J connectivity index is 1.29. The second kappa shape index (κ2) is 7.84. The Kier molecular flexibility index (Phi) is 4.65. The smallest absolute Gasteiger partial charge is 0.259 e. The number of rotatable bonds is 5. The number of halogens is 1. The SMILES string of the molecule is Cc1ccc(-c2noc([C@H]3C[C@@H]3F)n2)cc1NC(=O)c1cnn2ccc(-c3cncnc3)cc12. The molecule has 168 valence electrons. The van der Waals surface area contributed by atoms with Gasteiger partial charge < -0.3 is 9.84 Å². The van der Waals surface area contributed by atoms with Crippen LogP contribution in [0.1, 0.15) is 34.2 Å². The Bertz CT molecular complexity index is 1530. The number of hydrogen-bond acceptors (Lipinski definition) is 7. The summed E-state index contributed by atoms with van der Waals surface area (Å²) in [4.78, 5) is 25.6. The summed E-state index contributed by atoms with van der Waals surface area (Å²) in [6, 6.07) is 9.24. The summed E-state index contributed by atoms with van der Waals surface area (Å²) in [5.74, 6) is 0.0486. The first-order valence-corrected chi connectivity index (χ1v) is 10.7. The summed E-state index contributed by atoms with van der Waals surface area (Å²) >= 11 is 0. The lowest BCUT2D eigenvalue weighted by Gasteiger charge is -2.09. The molecule has 6 rings (SSSR count). The van der Waals surface area contributed by atoms with Gasteiger partial charge in [-0.25, -0.2) is 18.9 Å². The highest BCUT2D eigenvalue weighted by molar-refractivity contribution is 6.09. The molecule has 0 bridgehead atoms. The standard InChI is InChI=1S/C24H18FN7O2/c1-13-2-3-15(22-30-24(34-31-22)17-8-19(17)25)6-20(13)29-23(33)18-11-28-32-5-4-14(7-21(18)32)16-9-26-12-27-10-16/h2-7,9-12,17,19H,8H2,1H3,(H,29,33)/t17-,19-/m0/s1. The number of aromatic nitrogens is 6. The summed E-state index contributed by atoms with van der Waals surface area (Å²) in [5, 5.41) is 11.2. The van der Waals surface area contributed by atoms with Gasteiger partial charge in [-0.15, -0.1) is 0 Å². The predicted molar refractivity (Wildman–Crippen MR) is 121 cm³/mol. The molecule has 0 unspecified atom stereocenters. The lowest BCUT2D eigenvalue weighted by molar-refractivity contribution is 0.102. The van der Waals surface area contributed by atoms with Crippen LogP contribution in [0.5, 0.6) is 0 Å². The summed E-state index contributed by atoms with van der Waals surface area (Å²) in [5.41, 5.74) is 4.93. The first-order chi connectivity index (χ1) is 16.6. The van der Waals surface area contributed by atoms with Crippen molar-refractivity contribution in [3.63, 3.8) is 0 Å². The fourth-order valence-electron chi connectivity index (χ4n) is 3.79. The van der Waals surface area contributed by atoms with Crippen molar-refractivity contribution in [2.24, 2.45) is 0 Å². The van der Waals surface area contributed by atoms with Crippen molar-refractivity contribution in [2.75, 3.05) is 5.32 Å². The lowest BCUT2D eigenvalue weighted by Crippen LogP contribution is -2.12. The fraction of sp³-hybridized carbons (Fsp3) is 0.167. The van der Waals surface area contributed by atoms with Crippen LogP contribution in [-0.2, 0) is 0 Å². The van der Waals surface area contributed by atoms with Gasteiger partial charge in [0, 0.05) is 35.4 Å². The zero-order valence-corrected chi connectivity index (χ0v) is 18.0. The number of carbonyl (C=O) groups excluding carboxylic acids is 1. The van der Waals surface area contributed by atoms with E-state index in [4.69, 9.17) is 4.52 Å². The van der Waals surface area contributed by atoms with Crippen molar-refractivity contribution in [1.82, 2.24) is 29.7 Å². The number of pyridine rings is 1. The van der Waals surface area contributed by atoms with Gasteiger partial charge in [0.15, 0.2) is 0 Å². The van der Waals surface area contributed by atoms with Gasteiger partial charge in [0.25, 0.3) is 5.91 Å². The van der Waals surface area contributed by atoms with Crippen molar-refractivity contribution in [3.05, 3.63) is 78.5 Å². The van der Waals surface area contributed by atoms with Gasteiger partial charge in [-0.05, 0) is 42.7 Å². The largest absolute Gasteiger partial charge is 0.339 e. The highest BCUT2D eigenvalue weighted by Crippen LogP contribution is 2.43. The average molecular weight is 455 g/mol. The number of fused-ring (bicyclic) bond motifs is 1. The number of anilines is 1. The second-order valence-electron chi connectivity index (χ2n) is 8.23. The van der Waals surface area contributed by atoms with Crippen LogP contribution < -0.4 is 5.32 Å². The molecule has 0 aliphatic heterocycles. The van der Waals surface area contributed by atoms with E-state index in [9.17, 15) is 9.18 Å². The molecule has 5 aromatic rings. The molecule has 1 saturated carbocycles. The molecular formula is C24H18FN7O2. The molecule has 34 heavy (non-hydrogen) atoms. The summed E-state index contributed by atoms with van der Waals surface area (Å²) in [7, 11) is 0. The van der Waals surface area contributed by atoms with Crippen LogP contribution in [-0.4, -0.2) is 41.8 Å². The van der Waals surface area contributed by atoms with Gasteiger partial charge in [-0.3, -0.25) is 4.79 Å². The zero-order chi connectivity index (χ0) is 23.2. The Morgan fingerprint density at radius 1 is 1.12 bits per heavy atom. The lowest BCUT2D eigenvalue weighted by atomic mass is 10.1. The predicted octanol–water partition coefficient (Wildman–Crippen LogP) is 4.23. The van der Waals surface area contributed by atoms with E-state index in [-0.39, 0.29) is 11.8 Å². The van der Waals surface area contributed by atoms with E-state index in [1.807, 2.05) is 31.2 Å². The normalized spacial score (nSPS) is 17.1. The van der Waals surface area contributed by atoms with Gasteiger partial charge in [0.1, 0.15) is 12.5 Å². The maximum absolute atomic E-state index is 13.3. The van der Waals surface area contributed by atoms with Crippen LogP contribution in [0.3, 0.4) is 0 Å². The van der Waals surface area contributed by atoms with Crippen molar-refractivity contribution >= 4 is 17.1 Å². The van der Waals surface area contributed by atoms with Gasteiger partial charge in [-0.1, -0.05) is 17.3 Å². The molecule has 1 aliphatic carbocycles. The van der Waals surface area contributed by atoms with Crippen LogP contribution in [0, 0.1) is 6.92 Å². The molecule has 1 aliphatic rings. The third kappa shape index (κ3) is 3.58. The third-order valence-corrected chi connectivity index (χ3v) is 5.88. The first-order valence-electron chi connectivity index (χ1n) is 10.7. The highest BCUT2D eigenvalue weighted by atomic mass is 19.1. The van der Waals surface area contributed by atoms with E-state index in [1.54, 1.807) is 29.2 Å². The fourth-order valence-corrected chi connectivity index (χ4v) is 3.79.